The molecule has 0 radical (unpaired) electrons. The fourth-order valence-corrected chi connectivity index (χ4v) is 3.81. The van der Waals surface area contributed by atoms with Crippen LogP contribution in [0.1, 0.15) is 31.2 Å². The number of anilines is 3. The Kier molecular flexibility index (Phi) is 6.59. The molecular weight excluding hydrogens is 392 g/mol. The number of benzene rings is 2. The minimum absolute atomic E-state index is 0.00152. The molecule has 0 aromatic heterocycles. The first-order valence-corrected chi connectivity index (χ1v) is 10.7. The Hall–Kier alpha value is -3.23. The Morgan fingerprint density at radius 1 is 0.903 bits per heavy atom. The summed E-state index contributed by atoms with van der Waals surface area (Å²) in [6, 6.07) is 12.5. The lowest BCUT2D eigenvalue weighted by atomic mass is 10.2. The predicted octanol–water partition coefficient (Wildman–Crippen LogP) is 2.40. The number of nitrogen functional groups attached to an aromatic ring is 1. The molecule has 2 aliphatic rings. The average molecular weight is 421 g/mol. The van der Waals surface area contributed by atoms with Gasteiger partial charge in [-0.05, 0) is 74.7 Å². The van der Waals surface area contributed by atoms with E-state index < -0.39 is 0 Å². The van der Waals surface area contributed by atoms with Crippen LogP contribution in [0.5, 0.6) is 0 Å². The number of nitrogens with one attached hydrogen (secondary N) is 4. The molecule has 8 heteroatoms. The SMILES string of the molecule is Nc1ccc(NC(=O)C2CCCN2)cc1N=Cc1ccc(NC(=O)C2CCCN2)cc1. The van der Waals surface area contributed by atoms with E-state index in [2.05, 4.69) is 26.3 Å². The van der Waals surface area contributed by atoms with E-state index in [0.717, 1.165) is 50.0 Å². The normalized spacial score (nSPS) is 20.8. The van der Waals surface area contributed by atoms with Gasteiger partial charge >= 0.3 is 0 Å². The molecule has 31 heavy (non-hydrogen) atoms. The highest BCUT2D eigenvalue weighted by atomic mass is 16.2. The van der Waals surface area contributed by atoms with E-state index in [4.69, 9.17) is 5.73 Å². The van der Waals surface area contributed by atoms with Gasteiger partial charge in [0.1, 0.15) is 0 Å². The molecular formula is C23H28N6O2. The summed E-state index contributed by atoms with van der Waals surface area (Å²) < 4.78 is 0. The van der Waals surface area contributed by atoms with E-state index in [0.29, 0.717) is 17.1 Å². The maximum absolute atomic E-state index is 12.3. The van der Waals surface area contributed by atoms with Crippen LogP contribution in [0.3, 0.4) is 0 Å². The smallest absolute Gasteiger partial charge is 0.241 e. The molecule has 0 spiro atoms. The second kappa shape index (κ2) is 9.72. The van der Waals surface area contributed by atoms with Crippen molar-refractivity contribution in [3.05, 3.63) is 48.0 Å². The second-order valence-corrected chi connectivity index (χ2v) is 7.93. The molecule has 2 heterocycles. The summed E-state index contributed by atoms with van der Waals surface area (Å²) >= 11 is 0. The van der Waals surface area contributed by atoms with Crippen LogP contribution in [0.4, 0.5) is 22.7 Å². The Bertz CT molecular complexity index is 961. The maximum atomic E-state index is 12.3. The van der Waals surface area contributed by atoms with Crippen LogP contribution in [0.2, 0.25) is 0 Å². The van der Waals surface area contributed by atoms with E-state index in [9.17, 15) is 9.59 Å². The van der Waals surface area contributed by atoms with Crippen LogP contribution in [-0.4, -0.2) is 43.2 Å². The van der Waals surface area contributed by atoms with Crippen molar-refractivity contribution in [2.24, 2.45) is 4.99 Å². The third-order valence-electron chi connectivity index (χ3n) is 5.58. The minimum atomic E-state index is -0.145. The molecule has 2 amide bonds. The van der Waals surface area contributed by atoms with Crippen LogP contribution in [0.25, 0.3) is 0 Å². The monoisotopic (exact) mass is 420 g/mol. The van der Waals surface area contributed by atoms with Gasteiger partial charge in [0.2, 0.25) is 11.8 Å². The van der Waals surface area contributed by atoms with Crippen LogP contribution in [-0.2, 0) is 9.59 Å². The number of amides is 2. The molecule has 2 aromatic rings. The van der Waals surface area contributed by atoms with Gasteiger partial charge in [0.05, 0.1) is 23.5 Å². The van der Waals surface area contributed by atoms with E-state index >= 15 is 0 Å². The van der Waals surface area contributed by atoms with Crippen LogP contribution in [0, 0.1) is 0 Å². The lowest BCUT2D eigenvalue weighted by Gasteiger charge is -2.12. The van der Waals surface area contributed by atoms with Crippen molar-refractivity contribution in [1.82, 2.24) is 10.6 Å². The predicted molar refractivity (Wildman–Crippen MR) is 124 cm³/mol. The zero-order valence-electron chi connectivity index (χ0n) is 17.4. The molecule has 4 rings (SSSR count). The molecule has 0 bridgehead atoms. The number of carbonyl (C=O) groups is 2. The van der Waals surface area contributed by atoms with E-state index in [1.54, 1.807) is 24.4 Å². The molecule has 2 aliphatic heterocycles. The Morgan fingerprint density at radius 2 is 1.48 bits per heavy atom. The van der Waals surface area contributed by atoms with Crippen LogP contribution < -0.4 is 27.0 Å². The third-order valence-corrected chi connectivity index (χ3v) is 5.58. The highest BCUT2D eigenvalue weighted by Gasteiger charge is 2.22. The van der Waals surface area contributed by atoms with Crippen molar-refractivity contribution < 1.29 is 9.59 Å². The summed E-state index contributed by atoms with van der Waals surface area (Å²) in [7, 11) is 0. The third kappa shape index (κ3) is 5.48. The van der Waals surface area contributed by atoms with E-state index in [1.807, 2.05) is 24.3 Å². The Balaban J connectivity index is 1.38. The van der Waals surface area contributed by atoms with Gasteiger partial charge < -0.3 is 27.0 Å². The molecule has 2 atom stereocenters. The van der Waals surface area contributed by atoms with Crippen molar-refractivity contribution in [3.8, 4) is 0 Å². The molecule has 2 saturated heterocycles. The van der Waals surface area contributed by atoms with Crippen molar-refractivity contribution >= 4 is 40.8 Å². The topological polar surface area (TPSA) is 121 Å². The number of nitrogens with two attached hydrogens (primary N) is 1. The standard InChI is InChI=1S/C23H28N6O2/c24-18-10-9-17(29-23(31)20-4-2-12-26-20)13-21(18)27-14-15-5-7-16(8-6-15)28-22(30)19-3-1-11-25-19/h5-10,13-14,19-20,25-26H,1-4,11-12,24H2,(H,28,30)(H,29,31). The summed E-state index contributed by atoms with van der Waals surface area (Å²) in [4.78, 5) is 29.0. The van der Waals surface area contributed by atoms with Crippen molar-refractivity contribution in [2.45, 2.75) is 37.8 Å². The van der Waals surface area contributed by atoms with Crippen LogP contribution in [0.15, 0.2) is 47.5 Å². The van der Waals surface area contributed by atoms with Gasteiger partial charge in [-0.25, -0.2) is 0 Å². The largest absolute Gasteiger partial charge is 0.397 e. The molecule has 2 aromatic carbocycles. The number of aliphatic imine (C=N–C) groups is 1. The first-order valence-electron chi connectivity index (χ1n) is 10.7. The van der Waals surface area contributed by atoms with Crippen LogP contribution >= 0.6 is 0 Å². The fraction of sp³-hybridized carbons (Fsp3) is 0.348. The number of rotatable bonds is 6. The average Bonchev–Trinajstić information content (AvgIpc) is 3.49. The number of nitrogens with zero attached hydrogens (tertiary/aromatic N) is 1. The molecule has 0 aliphatic carbocycles. The van der Waals surface area contributed by atoms with Crippen molar-refractivity contribution in [1.29, 1.82) is 0 Å². The van der Waals surface area contributed by atoms with Gasteiger partial charge in [-0.1, -0.05) is 12.1 Å². The summed E-state index contributed by atoms with van der Waals surface area (Å²) in [6.07, 6.45) is 5.46. The maximum Gasteiger partial charge on any atom is 0.241 e. The highest BCUT2D eigenvalue weighted by molar-refractivity contribution is 5.97. The van der Waals surface area contributed by atoms with Gasteiger partial charge in [-0.3, -0.25) is 14.6 Å². The minimum Gasteiger partial charge on any atom is -0.397 e. The Morgan fingerprint density at radius 3 is 2.06 bits per heavy atom. The van der Waals surface area contributed by atoms with Crippen molar-refractivity contribution in [2.75, 3.05) is 29.5 Å². The first-order chi connectivity index (χ1) is 15.1. The van der Waals surface area contributed by atoms with E-state index in [-0.39, 0.29) is 23.9 Å². The molecule has 2 unspecified atom stereocenters. The lowest BCUT2D eigenvalue weighted by Crippen LogP contribution is -2.35. The fourth-order valence-electron chi connectivity index (χ4n) is 3.81. The summed E-state index contributed by atoms with van der Waals surface area (Å²) in [6.45, 7) is 1.76. The zero-order chi connectivity index (χ0) is 21.6. The van der Waals surface area contributed by atoms with Gasteiger partial charge in [-0.15, -0.1) is 0 Å². The Labute approximate surface area is 181 Å². The molecule has 2 fully saturated rings. The summed E-state index contributed by atoms with van der Waals surface area (Å²) in [5.41, 5.74) is 9.46. The van der Waals surface area contributed by atoms with Gasteiger partial charge in [0, 0.05) is 17.6 Å². The second-order valence-electron chi connectivity index (χ2n) is 7.93. The molecule has 162 valence electrons. The zero-order valence-corrected chi connectivity index (χ0v) is 17.4. The lowest BCUT2D eigenvalue weighted by molar-refractivity contribution is -0.118. The summed E-state index contributed by atoms with van der Waals surface area (Å²) in [5.74, 6) is -0.0407. The highest BCUT2D eigenvalue weighted by Crippen LogP contribution is 2.26. The first kappa shape index (κ1) is 21.0. The number of hydrogen-bond donors (Lipinski definition) is 5. The van der Waals surface area contributed by atoms with Gasteiger partial charge in [0.25, 0.3) is 0 Å². The molecule has 6 N–H and O–H groups in total. The molecule has 0 saturated carbocycles. The van der Waals surface area contributed by atoms with Gasteiger partial charge in [0.15, 0.2) is 0 Å². The molecule has 8 nitrogen and oxygen atoms in total. The summed E-state index contributed by atoms with van der Waals surface area (Å²) in [5, 5.41) is 12.2. The quantitative estimate of drug-likeness (QED) is 0.363. The number of carbonyl (C=O) groups excluding carboxylic acids is 2. The van der Waals surface area contributed by atoms with Gasteiger partial charge in [-0.2, -0.15) is 0 Å². The van der Waals surface area contributed by atoms with Crippen molar-refractivity contribution in [3.63, 3.8) is 0 Å². The number of hydrogen-bond acceptors (Lipinski definition) is 6. The van der Waals surface area contributed by atoms with E-state index in [1.165, 1.54) is 0 Å².